The molecule has 2 aromatic carbocycles. The van der Waals surface area contributed by atoms with Crippen molar-refractivity contribution in [2.24, 2.45) is 5.41 Å². The van der Waals surface area contributed by atoms with Crippen LogP contribution in [0, 0.1) is 5.41 Å². The molecule has 0 radical (unpaired) electrons. The molecule has 2 N–H and O–H groups in total. The fraction of sp³-hybridized carbons (Fsp3) is 0.438. The van der Waals surface area contributed by atoms with Crippen molar-refractivity contribution in [2.45, 2.75) is 72.9 Å². The third kappa shape index (κ3) is 8.51. The quantitative estimate of drug-likeness (QED) is 0.317. The molecule has 1 unspecified atom stereocenters. The van der Waals surface area contributed by atoms with E-state index < -0.39 is 28.7 Å². The summed E-state index contributed by atoms with van der Waals surface area (Å²) < 4.78 is 11.2. The van der Waals surface area contributed by atoms with Gasteiger partial charge in [-0.15, -0.1) is 0 Å². The number of carbonyl (C=O) groups excluding carboxylic acids is 2. The second-order valence-corrected chi connectivity index (χ2v) is 11.5. The highest BCUT2D eigenvalue weighted by atomic mass is 16.6. The molecule has 2 amide bonds. The van der Waals surface area contributed by atoms with Gasteiger partial charge in [0.05, 0.1) is 11.1 Å². The van der Waals surface area contributed by atoms with Gasteiger partial charge < -0.3 is 20.1 Å². The van der Waals surface area contributed by atoms with E-state index in [9.17, 15) is 9.59 Å². The maximum absolute atomic E-state index is 12.7. The lowest BCUT2D eigenvalue weighted by Gasteiger charge is -2.31. The van der Waals surface area contributed by atoms with Crippen LogP contribution in [0.15, 0.2) is 61.7 Å². The molecule has 38 heavy (non-hydrogen) atoms. The topological polar surface area (TPSA) is 76.7 Å². The molecule has 0 bridgehead atoms. The van der Waals surface area contributed by atoms with Gasteiger partial charge in [0.15, 0.2) is 0 Å². The molecule has 6 heteroatoms. The number of allylic oxidation sites excluding steroid dienone is 2. The molecule has 0 spiro atoms. The standard InChI is InChI=1S/C32H44N2O4/c1-11-32(10,20-37-28(35)33-30(6,7)26-17-15-24(16-18-26)22(2)3)21-38-29(36)34-31(8,9)27-14-12-13-25(19-27)23(4)5/h12-19H,2,4,11,20-21H2,1,3,5-10H3,(H,33,35)(H,34,36). The van der Waals surface area contributed by atoms with Crippen LogP contribution in [0.1, 0.15) is 84.1 Å². The molecule has 6 nitrogen and oxygen atoms in total. The Morgan fingerprint density at radius 2 is 1.21 bits per heavy atom. The minimum atomic E-state index is -0.643. The van der Waals surface area contributed by atoms with Crippen molar-refractivity contribution in [1.82, 2.24) is 10.6 Å². The minimum Gasteiger partial charge on any atom is -0.449 e. The van der Waals surface area contributed by atoms with E-state index in [1.807, 2.05) is 104 Å². The average molecular weight is 521 g/mol. The number of hydrogen-bond donors (Lipinski definition) is 2. The number of carbonyl (C=O) groups is 2. The highest BCUT2D eigenvalue weighted by molar-refractivity contribution is 5.70. The van der Waals surface area contributed by atoms with Crippen molar-refractivity contribution in [1.29, 1.82) is 0 Å². The van der Waals surface area contributed by atoms with Crippen LogP contribution >= 0.6 is 0 Å². The molecule has 2 aromatic rings. The SMILES string of the molecule is C=C(C)c1ccc(C(C)(C)NC(=O)OCC(C)(CC)COC(=O)NC(C)(C)c2cccc(C(=C)C)c2)cc1. The van der Waals surface area contributed by atoms with E-state index in [2.05, 4.69) is 23.8 Å². The molecule has 0 aliphatic heterocycles. The summed E-state index contributed by atoms with van der Waals surface area (Å²) in [6.45, 7) is 23.7. The summed E-state index contributed by atoms with van der Waals surface area (Å²) in [5.74, 6) is 0. The van der Waals surface area contributed by atoms with Crippen LogP contribution in [0.2, 0.25) is 0 Å². The molecule has 0 aromatic heterocycles. The molecule has 0 saturated carbocycles. The van der Waals surface area contributed by atoms with Gasteiger partial charge in [-0.25, -0.2) is 9.59 Å². The van der Waals surface area contributed by atoms with Gasteiger partial charge in [0.1, 0.15) is 13.2 Å². The fourth-order valence-corrected chi connectivity index (χ4v) is 3.80. The maximum atomic E-state index is 12.7. The van der Waals surface area contributed by atoms with E-state index in [0.29, 0.717) is 6.42 Å². The Morgan fingerprint density at radius 3 is 1.66 bits per heavy atom. The smallest absolute Gasteiger partial charge is 0.407 e. The minimum absolute atomic E-state index is 0.107. The van der Waals surface area contributed by atoms with E-state index in [0.717, 1.165) is 33.4 Å². The van der Waals surface area contributed by atoms with Crippen molar-refractivity contribution >= 4 is 23.3 Å². The van der Waals surface area contributed by atoms with Gasteiger partial charge in [0, 0.05) is 5.41 Å². The summed E-state index contributed by atoms with van der Waals surface area (Å²) >= 11 is 0. The van der Waals surface area contributed by atoms with E-state index in [1.54, 1.807) is 0 Å². The van der Waals surface area contributed by atoms with Gasteiger partial charge in [-0.05, 0) is 76.3 Å². The van der Waals surface area contributed by atoms with Crippen LogP contribution in [0.4, 0.5) is 9.59 Å². The highest BCUT2D eigenvalue weighted by Gasteiger charge is 2.30. The van der Waals surface area contributed by atoms with Crippen molar-refractivity contribution in [2.75, 3.05) is 13.2 Å². The lowest BCUT2D eigenvalue weighted by molar-refractivity contribution is 0.0300. The molecule has 0 fully saturated rings. The van der Waals surface area contributed by atoms with Crippen LogP contribution in [0.25, 0.3) is 11.1 Å². The second-order valence-electron chi connectivity index (χ2n) is 11.5. The van der Waals surface area contributed by atoms with Crippen molar-refractivity contribution < 1.29 is 19.1 Å². The van der Waals surface area contributed by atoms with Crippen molar-refractivity contribution in [3.8, 4) is 0 Å². The second kappa shape index (κ2) is 12.3. The summed E-state index contributed by atoms with van der Waals surface area (Å²) in [4.78, 5) is 25.3. The zero-order valence-corrected chi connectivity index (χ0v) is 24.3. The van der Waals surface area contributed by atoms with Crippen molar-refractivity contribution in [3.63, 3.8) is 0 Å². The summed E-state index contributed by atoms with van der Waals surface area (Å²) in [7, 11) is 0. The van der Waals surface area contributed by atoms with Crippen LogP contribution < -0.4 is 10.6 Å². The third-order valence-electron chi connectivity index (χ3n) is 6.96. The third-order valence-corrected chi connectivity index (χ3v) is 6.96. The Kier molecular flexibility index (Phi) is 9.96. The first-order valence-electron chi connectivity index (χ1n) is 13.0. The molecule has 0 heterocycles. The first-order chi connectivity index (χ1) is 17.6. The number of rotatable bonds is 11. The predicted molar refractivity (Wildman–Crippen MR) is 156 cm³/mol. The fourth-order valence-electron chi connectivity index (χ4n) is 3.80. The average Bonchev–Trinajstić information content (AvgIpc) is 2.86. The lowest BCUT2D eigenvalue weighted by Crippen LogP contribution is -2.44. The van der Waals surface area contributed by atoms with Crippen LogP contribution in [-0.2, 0) is 20.6 Å². The van der Waals surface area contributed by atoms with Gasteiger partial charge >= 0.3 is 12.2 Å². The van der Waals surface area contributed by atoms with Gasteiger partial charge in [-0.1, -0.05) is 80.6 Å². The summed E-state index contributed by atoms with van der Waals surface area (Å²) in [5, 5.41) is 5.88. The molecule has 0 aliphatic carbocycles. The predicted octanol–water partition coefficient (Wildman–Crippen LogP) is 7.79. The highest BCUT2D eigenvalue weighted by Crippen LogP contribution is 2.26. The summed E-state index contributed by atoms with van der Waals surface area (Å²) in [6, 6.07) is 15.8. The molecule has 2 rings (SSSR count). The van der Waals surface area contributed by atoms with E-state index in [1.165, 1.54) is 0 Å². The van der Waals surface area contributed by atoms with Crippen LogP contribution in [0.5, 0.6) is 0 Å². The van der Waals surface area contributed by atoms with Gasteiger partial charge in [0.25, 0.3) is 0 Å². The van der Waals surface area contributed by atoms with Gasteiger partial charge in [-0.2, -0.15) is 0 Å². The summed E-state index contributed by atoms with van der Waals surface area (Å²) in [6.07, 6.45) is -0.399. The van der Waals surface area contributed by atoms with E-state index >= 15 is 0 Å². The van der Waals surface area contributed by atoms with Gasteiger partial charge in [0.2, 0.25) is 0 Å². The Bertz CT molecular complexity index is 1160. The largest absolute Gasteiger partial charge is 0.449 e. The molecule has 1 atom stereocenters. The molecule has 0 aliphatic rings. The molecule has 0 saturated heterocycles. The van der Waals surface area contributed by atoms with Crippen LogP contribution in [-0.4, -0.2) is 25.4 Å². The number of ether oxygens (including phenoxy) is 2. The van der Waals surface area contributed by atoms with E-state index in [-0.39, 0.29) is 13.2 Å². The lowest BCUT2D eigenvalue weighted by atomic mass is 9.90. The van der Waals surface area contributed by atoms with Crippen molar-refractivity contribution in [3.05, 3.63) is 83.9 Å². The van der Waals surface area contributed by atoms with Gasteiger partial charge in [-0.3, -0.25) is 0 Å². The first-order valence-corrected chi connectivity index (χ1v) is 13.0. The zero-order chi connectivity index (χ0) is 28.7. The number of benzene rings is 2. The summed E-state index contributed by atoms with van der Waals surface area (Å²) in [5.41, 5.74) is 4.11. The molecular formula is C32H44N2O4. The number of amides is 2. The molecule has 206 valence electrons. The normalized spacial score (nSPS) is 13.2. The Labute approximate surface area is 228 Å². The molecular weight excluding hydrogens is 476 g/mol. The van der Waals surface area contributed by atoms with Crippen LogP contribution in [0.3, 0.4) is 0 Å². The van der Waals surface area contributed by atoms with E-state index in [4.69, 9.17) is 9.47 Å². The Balaban J connectivity index is 1.92. The number of hydrogen-bond acceptors (Lipinski definition) is 4. The Hall–Kier alpha value is -3.54. The maximum Gasteiger partial charge on any atom is 0.407 e. The number of nitrogens with one attached hydrogen (secondary N) is 2. The number of alkyl carbamates (subject to hydrolysis) is 2. The Morgan fingerprint density at radius 1 is 0.737 bits per heavy atom. The first kappa shape index (κ1) is 30.7. The zero-order valence-electron chi connectivity index (χ0n) is 24.3. The monoisotopic (exact) mass is 520 g/mol.